The van der Waals surface area contributed by atoms with Crippen LogP contribution in [0.4, 0.5) is 10.3 Å². The molecule has 0 saturated carbocycles. The lowest BCUT2D eigenvalue weighted by Gasteiger charge is -2.02. The summed E-state index contributed by atoms with van der Waals surface area (Å²) in [6, 6.07) is 18.5. The second-order valence-electron chi connectivity index (χ2n) is 6.52. The zero-order valence-corrected chi connectivity index (χ0v) is 17.5. The molecule has 5 nitrogen and oxygen atoms in total. The van der Waals surface area contributed by atoms with Gasteiger partial charge in [-0.1, -0.05) is 65.7 Å². The summed E-state index contributed by atoms with van der Waals surface area (Å²) in [5.41, 5.74) is 2.61. The van der Waals surface area contributed by atoms with E-state index in [0.717, 1.165) is 5.56 Å². The van der Waals surface area contributed by atoms with Crippen molar-refractivity contribution in [3.05, 3.63) is 99.9 Å². The Morgan fingerprint density at radius 3 is 2.45 bits per heavy atom. The van der Waals surface area contributed by atoms with Crippen LogP contribution in [-0.4, -0.2) is 27.2 Å². The SMILES string of the molecule is Oc1c(Cl)cc(Cl)cc1C=Nc1nc(-c2ccccc2)cn1N=Cc1ccc(F)cc1. The molecule has 1 heterocycles. The van der Waals surface area contributed by atoms with Crippen LogP contribution in [0, 0.1) is 5.82 Å². The molecule has 4 aromatic rings. The molecule has 0 saturated heterocycles. The zero-order valence-electron chi connectivity index (χ0n) is 16.0. The first kappa shape index (κ1) is 20.8. The Kier molecular flexibility index (Phi) is 6.11. The van der Waals surface area contributed by atoms with Crippen LogP contribution < -0.4 is 0 Å². The number of halogens is 3. The third kappa shape index (κ3) is 4.99. The van der Waals surface area contributed by atoms with Crippen LogP contribution in [0.15, 0.2) is 83.0 Å². The van der Waals surface area contributed by atoms with E-state index in [4.69, 9.17) is 23.2 Å². The smallest absolute Gasteiger partial charge is 0.251 e. The first-order valence-corrected chi connectivity index (χ1v) is 9.92. The molecule has 0 unspecified atom stereocenters. The van der Waals surface area contributed by atoms with Gasteiger partial charge in [0.25, 0.3) is 5.95 Å². The van der Waals surface area contributed by atoms with Crippen molar-refractivity contribution < 1.29 is 9.50 Å². The molecule has 0 spiro atoms. The highest BCUT2D eigenvalue weighted by Crippen LogP contribution is 2.30. The molecule has 0 bridgehead atoms. The first-order chi connectivity index (χ1) is 15.0. The van der Waals surface area contributed by atoms with Gasteiger partial charge >= 0.3 is 0 Å². The minimum Gasteiger partial charge on any atom is -0.506 e. The lowest BCUT2D eigenvalue weighted by atomic mass is 10.2. The molecule has 0 fully saturated rings. The third-order valence-electron chi connectivity index (χ3n) is 4.32. The zero-order chi connectivity index (χ0) is 21.8. The predicted molar refractivity (Wildman–Crippen MR) is 122 cm³/mol. The highest BCUT2D eigenvalue weighted by Gasteiger charge is 2.10. The summed E-state index contributed by atoms with van der Waals surface area (Å²) in [4.78, 5) is 8.91. The van der Waals surface area contributed by atoms with Crippen LogP contribution >= 0.6 is 23.2 Å². The second-order valence-corrected chi connectivity index (χ2v) is 7.36. The number of aromatic hydroxyl groups is 1. The molecule has 154 valence electrons. The topological polar surface area (TPSA) is 62.8 Å². The van der Waals surface area contributed by atoms with Gasteiger partial charge in [0, 0.05) is 22.4 Å². The number of benzene rings is 3. The predicted octanol–water partition coefficient (Wildman–Crippen LogP) is 6.33. The Morgan fingerprint density at radius 1 is 0.968 bits per heavy atom. The molecule has 0 aliphatic rings. The van der Waals surface area contributed by atoms with E-state index in [1.54, 1.807) is 30.6 Å². The minimum atomic E-state index is -0.323. The van der Waals surface area contributed by atoms with Crippen molar-refractivity contribution in [1.82, 2.24) is 9.66 Å². The van der Waals surface area contributed by atoms with E-state index in [2.05, 4.69) is 15.1 Å². The van der Waals surface area contributed by atoms with Gasteiger partial charge in [-0.25, -0.2) is 19.0 Å². The number of hydrogen-bond donors (Lipinski definition) is 1. The molecule has 1 aromatic heterocycles. The van der Waals surface area contributed by atoms with Gasteiger partial charge in [-0.15, -0.1) is 0 Å². The van der Waals surface area contributed by atoms with Crippen LogP contribution in [0.25, 0.3) is 11.3 Å². The van der Waals surface area contributed by atoms with Gasteiger partial charge in [0.2, 0.25) is 0 Å². The summed E-state index contributed by atoms with van der Waals surface area (Å²) in [5.74, 6) is -0.185. The number of aromatic nitrogens is 2. The van der Waals surface area contributed by atoms with Crippen LogP contribution in [0.3, 0.4) is 0 Å². The van der Waals surface area contributed by atoms with Gasteiger partial charge < -0.3 is 5.11 Å². The van der Waals surface area contributed by atoms with Gasteiger partial charge in [0.05, 0.1) is 23.1 Å². The van der Waals surface area contributed by atoms with E-state index in [9.17, 15) is 9.50 Å². The van der Waals surface area contributed by atoms with E-state index in [-0.39, 0.29) is 22.5 Å². The number of phenols is 1. The molecule has 31 heavy (non-hydrogen) atoms. The Bertz CT molecular complexity index is 1270. The fourth-order valence-electron chi connectivity index (χ4n) is 2.77. The van der Waals surface area contributed by atoms with Crippen molar-refractivity contribution in [2.45, 2.75) is 0 Å². The van der Waals surface area contributed by atoms with E-state index in [1.165, 1.54) is 29.1 Å². The highest BCUT2D eigenvalue weighted by molar-refractivity contribution is 6.36. The lowest BCUT2D eigenvalue weighted by molar-refractivity contribution is 0.475. The van der Waals surface area contributed by atoms with Crippen molar-refractivity contribution in [2.75, 3.05) is 0 Å². The normalized spacial score (nSPS) is 11.6. The molecule has 3 aromatic carbocycles. The van der Waals surface area contributed by atoms with Crippen molar-refractivity contribution in [3.8, 4) is 17.0 Å². The van der Waals surface area contributed by atoms with Crippen molar-refractivity contribution >= 4 is 41.6 Å². The second kappa shape index (κ2) is 9.12. The summed E-state index contributed by atoms with van der Waals surface area (Å²) in [6.07, 6.45) is 4.71. The van der Waals surface area contributed by atoms with Crippen LogP contribution in [0.2, 0.25) is 10.0 Å². The van der Waals surface area contributed by atoms with Crippen molar-refractivity contribution in [1.29, 1.82) is 0 Å². The van der Waals surface area contributed by atoms with Gasteiger partial charge in [-0.05, 0) is 29.8 Å². The number of imidazole rings is 1. The average Bonchev–Trinajstić information content (AvgIpc) is 3.18. The first-order valence-electron chi connectivity index (χ1n) is 9.16. The van der Waals surface area contributed by atoms with Crippen LogP contribution in [-0.2, 0) is 0 Å². The molecule has 1 N–H and O–H groups in total. The van der Waals surface area contributed by atoms with Gasteiger partial charge in [0.15, 0.2) is 0 Å². The molecule has 8 heteroatoms. The summed E-state index contributed by atoms with van der Waals surface area (Å²) in [5, 5.41) is 15.0. The Labute approximate surface area is 187 Å². The number of hydrogen-bond acceptors (Lipinski definition) is 4. The third-order valence-corrected chi connectivity index (χ3v) is 4.82. The number of nitrogens with zero attached hydrogens (tertiary/aromatic N) is 4. The lowest BCUT2D eigenvalue weighted by Crippen LogP contribution is -1.90. The molecule has 0 aliphatic heterocycles. The van der Waals surface area contributed by atoms with Crippen LogP contribution in [0.5, 0.6) is 5.75 Å². The minimum absolute atomic E-state index is 0.122. The van der Waals surface area contributed by atoms with Crippen molar-refractivity contribution in [2.24, 2.45) is 10.1 Å². The fourth-order valence-corrected chi connectivity index (χ4v) is 3.28. The highest BCUT2D eigenvalue weighted by atomic mass is 35.5. The van der Waals surface area contributed by atoms with E-state index < -0.39 is 0 Å². The maximum Gasteiger partial charge on any atom is 0.251 e. The van der Waals surface area contributed by atoms with E-state index in [0.29, 0.717) is 21.8 Å². The fraction of sp³-hybridized carbons (Fsp3) is 0. The number of aliphatic imine (C=N–C) groups is 1. The Balaban J connectivity index is 1.73. The Morgan fingerprint density at radius 2 is 1.71 bits per heavy atom. The summed E-state index contributed by atoms with van der Waals surface area (Å²) in [7, 11) is 0. The summed E-state index contributed by atoms with van der Waals surface area (Å²) >= 11 is 12.0. The van der Waals surface area contributed by atoms with Crippen molar-refractivity contribution in [3.63, 3.8) is 0 Å². The molecule has 0 aliphatic carbocycles. The number of rotatable bonds is 5. The summed E-state index contributed by atoms with van der Waals surface area (Å²) < 4.78 is 14.6. The average molecular weight is 453 g/mol. The molecular weight excluding hydrogens is 438 g/mol. The Hall–Kier alpha value is -3.48. The summed E-state index contributed by atoms with van der Waals surface area (Å²) in [6.45, 7) is 0. The monoisotopic (exact) mass is 452 g/mol. The van der Waals surface area contributed by atoms with E-state index >= 15 is 0 Å². The maximum absolute atomic E-state index is 13.1. The molecule has 0 amide bonds. The van der Waals surface area contributed by atoms with E-state index in [1.807, 2.05) is 30.3 Å². The van der Waals surface area contributed by atoms with Crippen LogP contribution in [0.1, 0.15) is 11.1 Å². The number of phenolic OH excluding ortho intramolecular Hbond substituents is 1. The largest absolute Gasteiger partial charge is 0.506 e. The molecule has 0 atom stereocenters. The maximum atomic E-state index is 13.1. The van der Waals surface area contributed by atoms with Gasteiger partial charge in [-0.2, -0.15) is 5.10 Å². The standard InChI is InChI=1S/C23H15Cl2FN4O/c24-18-10-17(22(31)20(25)11-18)13-27-23-29-21(16-4-2-1-3-5-16)14-30(23)28-12-15-6-8-19(26)9-7-15/h1-14,31H. The molecule has 4 rings (SSSR count). The quantitative estimate of drug-likeness (QED) is 0.359. The molecule has 0 radical (unpaired) electrons. The van der Waals surface area contributed by atoms with Gasteiger partial charge in [-0.3, -0.25) is 0 Å². The van der Waals surface area contributed by atoms with Gasteiger partial charge in [0.1, 0.15) is 11.6 Å². The molecular formula is C23H15Cl2FN4O.